The highest BCUT2D eigenvalue weighted by molar-refractivity contribution is 5.99. The standard InChI is InChI=1S/C23H15N7/c1-2-15(12-25-6-1)21-17-11-20(28-19(17)5-9-26-21)22-18-10-16(13-27-23(18)30-29-22)14-3-7-24-8-4-14/h1-13,28H,(H,27,29,30). The molecule has 0 aliphatic rings. The van der Waals surface area contributed by atoms with Crippen molar-refractivity contribution < 1.29 is 0 Å². The molecule has 6 heterocycles. The fraction of sp³-hybridized carbons (Fsp3) is 0. The second-order valence-electron chi connectivity index (χ2n) is 6.97. The van der Waals surface area contributed by atoms with Gasteiger partial charge in [0.1, 0.15) is 5.69 Å². The SMILES string of the molecule is c1cncc(-c2nccc3[nH]c(-c4n[nH]c5ncc(-c6ccncc6)cc45)cc23)c1. The molecule has 30 heavy (non-hydrogen) atoms. The van der Waals surface area contributed by atoms with Gasteiger partial charge < -0.3 is 4.98 Å². The van der Waals surface area contributed by atoms with Crippen LogP contribution in [0.5, 0.6) is 0 Å². The first-order valence-electron chi connectivity index (χ1n) is 9.50. The molecule has 6 rings (SSSR count). The molecule has 2 N–H and O–H groups in total. The Morgan fingerprint density at radius 2 is 1.60 bits per heavy atom. The Bertz CT molecular complexity index is 1480. The fourth-order valence-corrected chi connectivity index (χ4v) is 3.73. The minimum Gasteiger partial charge on any atom is -0.353 e. The third-order valence-electron chi connectivity index (χ3n) is 5.17. The summed E-state index contributed by atoms with van der Waals surface area (Å²) in [6, 6.07) is 14.0. The van der Waals surface area contributed by atoms with Gasteiger partial charge in [-0.2, -0.15) is 5.10 Å². The number of fused-ring (bicyclic) bond motifs is 2. The first-order chi connectivity index (χ1) is 14.9. The van der Waals surface area contributed by atoms with Gasteiger partial charge in [0, 0.05) is 64.6 Å². The number of rotatable bonds is 3. The molecule has 0 atom stereocenters. The molecule has 6 aromatic heterocycles. The van der Waals surface area contributed by atoms with E-state index in [9.17, 15) is 0 Å². The molecule has 0 aliphatic carbocycles. The summed E-state index contributed by atoms with van der Waals surface area (Å²) in [4.78, 5) is 20.9. The number of aromatic amines is 2. The lowest BCUT2D eigenvalue weighted by molar-refractivity contribution is 1.10. The molecule has 0 amide bonds. The highest BCUT2D eigenvalue weighted by Crippen LogP contribution is 2.33. The second kappa shape index (κ2) is 6.59. The van der Waals surface area contributed by atoms with Crippen LogP contribution < -0.4 is 0 Å². The van der Waals surface area contributed by atoms with E-state index in [-0.39, 0.29) is 0 Å². The molecule has 0 unspecified atom stereocenters. The number of hydrogen-bond donors (Lipinski definition) is 2. The third-order valence-corrected chi connectivity index (χ3v) is 5.17. The summed E-state index contributed by atoms with van der Waals surface area (Å²) in [5.74, 6) is 0. The summed E-state index contributed by atoms with van der Waals surface area (Å²) in [5.41, 5.74) is 7.40. The highest BCUT2D eigenvalue weighted by atomic mass is 15.2. The van der Waals surface area contributed by atoms with Crippen molar-refractivity contribution in [1.82, 2.24) is 35.1 Å². The first kappa shape index (κ1) is 16.6. The van der Waals surface area contributed by atoms with Gasteiger partial charge in [-0.3, -0.25) is 20.1 Å². The average molecular weight is 389 g/mol. The predicted octanol–water partition coefficient (Wildman–Crippen LogP) is 4.63. The maximum atomic E-state index is 4.58. The number of aromatic nitrogens is 7. The van der Waals surface area contributed by atoms with E-state index in [2.05, 4.69) is 47.2 Å². The fourth-order valence-electron chi connectivity index (χ4n) is 3.73. The van der Waals surface area contributed by atoms with E-state index in [4.69, 9.17) is 0 Å². The lowest BCUT2D eigenvalue weighted by Crippen LogP contribution is -1.84. The Balaban J connectivity index is 1.52. The molecule has 0 saturated heterocycles. The summed E-state index contributed by atoms with van der Waals surface area (Å²) in [6.45, 7) is 0. The van der Waals surface area contributed by atoms with Gasteiger partial charge in [-0.25, -0.2) is 4.98 Å². The topological polar surface area (TPSA) is 96.0 Å². The van der Waals surface area contributed by atoms with Crippen molar-refractivity contribution in [3.8, 4) is 33.8 Å². The van der Waals surface area contributed by atoms with E-state index >= 15 is 0 Å². The summed E-state index contributed by atoms with van der Waals surface area (Å²) < 4.78 is 0. The van der Waals surface area contributed by atoms with E-state index in [0.717, 1.165) is 55.7 Å². The summed E-state index contributed by atoms with van der Waals surface area (Å²) in [6.07, 6.45) is 10.8. The van der Waals surface area contributed by atoms with E-state index in [1.807, 2.05) is 42.7 Å². The van der Waals surface area contributed by atoms with Crippen molar-refractivity contribution in [3.05, 3.63) is 79.6 Å². The Morgan fingerprint density at radius 1 is 0.667 bits per heavy atom. The predicted molar refractivity (Wildman–Crippen MR) is 115 cm³/mol. The van der Waals surface area contributed by atoms with Crippen molar-refractivity contribution >= 4 is 21.9 Å². The van der Waals surface area contributed by atoms with Gasteiger partial charge in [0.2, 0.25) is 0 Å². The summed E-state index contributed by atoms with van der Waals surface area (Å²) >= 11 is 0. The molecular weight excluding hydrogens is 374 g/mol. The molecule has 0 fully saturated rings. The molecule has 0 radical (unpaired) electrons. The molecule has 0 spiro atoms. The molecule has 142 valence electrons. The second-order valence-corrected chi connectivity index (χ2v) is 6.97. The Morgan fingerprint density at radius 3 is 2.47 bits per heavy atom. The van der Waals surface area contributed by atoms with Crippen LogP contribution in [0, 0.1) is 0 Å². The lowest BCUT2D eigenvalue weighted by Gasteiger charge is -2.01. The number of nitrogens with zero attached hydrogens (tertiary/aromatic N) is 5. The largest absolute Gasteiger partial charge is 0.353 e. The van der Waals surface area contributed by atoms with Crippen LogP contribution in [0.2, 0.25) is 0 Å². The molecule has 0 aliphatic heterocycles. The van der Waals surface area contributed by atoms with Crippen LogP contribution in [0.1, 0.15) is 0 Å². The van der Waals surface area contributed by atoms with Crippen LogP contribution in [0.15, 0.2) is 79.6 Å². The van der Waals surface area contributed by atoms with Gasteiger partial charge in [-0.1, -0.05) is 0 Å². The van der Waals surface area contributed by atoms with E-state index < -0.39 is 0 Å². The van der Waals surface area contributed by atoms with Gasteiger partial charge in [0.05, 0.1) is 11.4 Å². The Hall–Kier alpha value is -4.39. The number of H-pyrrole nitrogens is 2. The van der Waals surface area contributed by atoms with Crippen molar-refractivity contribution in [2.75, 3.05) is 0 Å². The number of pyridine rings is 4. The third kappa shape index (κ3) is 2.64. The van der Waals surface area contributed by atoms with Crippen LogP contribution in [0.3, 0.4) is 0 Å². The van der Waals surface area contributed by atoms with Crippen molar-refractivity contribution in [3.63, 3.8) is 0 Å². The van der Waals surface area contributed by atoms with Crippen LogP contribution in [0.4, 0.5) is 0 Å². The van der Waals surface area contributed by atoms with E-state index in [1.54, 1.807) is 24.8 Å². The van der Waals surface area contributed by atoms with E-state index in [1.165, 1.54) is 0 Å². The molecule has 0 aromatic carbocycles. The molecule has 0 saturated carbocycles. The maximum absolute atomic E-state index is 4.58. The quantitative estimate of drug-likeness (QED) is 0.460. The van der Waals surface area contributed by atoms with Gasteiger partial charge >= 0.3 is 0 Å². The minimum absolute atomic E-state index is 0.743. The number of nitrogens with one attached hydrogen (secondary N) is 2. The number of hydrogen-bond acceptors (Lipinski definition) is 5. The van der Waals surface area contributed by atoms with Crippen molar-refractivity contribution in [2.45, 2.75) is 0 Å². The molecule has 6 aromatic rings. The monoisotopic (exact) mass is 389 g/mol. The summed E-state index contributed by atoms with van der Waals surface area (Å²) in [7, 11) is 0. The van der Waals surface area contributed by atoms with Crippen LogP contribution in [-0.4, -0.2) is 35.1 Å². The van der Waals surface area contributed by atoms with E-state index in [0.29, 0.717) is 0 Å². The van der Waals surface area contributed by atoms with Gasteiger partial charge in [-0.15, -0.1) is 0 Å². The zero-order valence-electron chi connectivity index (χ0n) is 15.7. The molecule has 0 bridgehead atoms. The van der Waals surface area contributed by atoms with Crippen LogP contribution >= 0.6 is 0 Å². The first-order valence-corrected chi connectivity index (χ1v) is 9.50. The maximum Gasteiger partial charge on any atom is 0.155 e. The van der Waals surface area contributed by atoms with Gasteiger partial charge in [-0.05, 0) is 48.0 Å². The zero-order valence-corrected chi connectivity index (χ0v) is 15.7. The van der Waals surface area contributed by atoms with Crippen molar-refractivity contribution in [2.24, 2.45) is 0 Å². The smallest absolute Gasteiger partial charge is 0.155 e. The highest BCUT2D eigenvalue weighted by Gasteiger charge is 2.15. The molecule has 7 heteroatoms. The normalized spacial score (nSPS) is 11.3. The van der Waals surface area contributed by atoms with Crippen LogP contribution in [-0.2, 0) is 0 Å². The van der Waals surface area contributed by atoms with Crippen molar-refractivity contribution in [1.29, 1.82) is 0 Å². The lowest BCUT2D eigenvalue weighted by atomic mass is 10.1. The zero-order chi connectivity index (χ0) is 19.9. The summed E-state index contributed by atoms with van der Waals surface area (Å²) in [5, 5.41) is 9.54. The van der Waals surface area contributed by atoms with Gasteiger partial charge in [0.15, 0.2) is 5.65 Å². The Kier molecular flexibility index (Phi) is 3.64. The van der Waals surface area contributed by atoms with Crippen LogP contribution in [0.25, 0.3) is 55.7 Å². The Labute approximate surface area is 170 Å². The average Bonchev–Trinajstić information content (AvgIpc) is 3.43. The molecule has 7 nitrogen and oxygen atoms in total. The molecular formula is C23H15N7. The van der Waals surface area contributed by atoms with Gasteiger partial charge in [0.25, 0.3) is 0 Å². The minimum atomic E-state index is 0.743.